The van der Waals surface area contributed by atoms with Crippen LogP contribution in [0.1, 0.15) is 64.2 Å². The lowest BCUT2D eigenvalue weighted by Gasteiger charge is -2.42. The fourth-order valence-corrected chi connectivity index (χ4v) is 4.91. The largest absolute Gasteiger partial charge is 0.497 e. The summed E-state index contributed by atoms with van der Waals surface area (Å²) >= 11 is 0. The predicted octanol–water partition coefficient (Wildman–Crippen LogP) is 3.60. The van der Waals surface area contributed by atoms with E-state index in [1.54, 1.807) is 7.11 Å². The Labute approximate surface area is 162 Å². The summed E-state index contributed by atoms with van der Waals surface area (Å²) in [5.41, 5.74) is 0.518. The number of hydrogen-bond donors (Lipinski definition) is 3. The Hall–Kier alpha value is -1.75. The third kappa shape index (κ3) is 4.08. The number of carbonyl (C=O) groups is 1. The Bertz CT molecular complexity index is 633. The Balaban J connectivity index is 1.38. The van der Waals surface area contributed by atoms with Crippen LogP contribution in [0.4, 0.5) is 5.69 Å². The van der Waals surface area contributed by atoms with Crippen molar-refractivity contribution in [1.82, 2.24) is 10.6 Å². The van der Waals surface area contributed by atoms with Gasteiger partial charge in [0.25, 0.3) is 0 Å². The van der Waals surface area contributed by atoms with Crippen molar-refractivity contribution in [3.05, 3.63) is 24.3 Å². The third-order valence-electron chi connectivity index (χ3n) is 6.76. The Morgan fingerprint density at radius 2 is 1.63 bits per heavy atom. The van der Waals surface area contributed by atoms with Crippen molar-refractivity contribution in [2.24, 2.45) is 0 Å². The third-order valence-corrected chi connectivity index (χ3v) is 6.76. The van der Waals surface area contributed by atoms with E-state index in [-0.39, 0.29) is 11.9 Å². The topological polar surface area (TPSA) is 62.4 Å². The summed E-state index contributed by atoms with van der Waals surface area (Å²) in [7, 11) is 1.67. The second kappa shape index (κ2) is 8.09. The van der Waals surface area contributed by atoms with Crippen molar-refractivity contribution in [3.63, 3.8) is 0 Å². The van der Waals surface area contributed by atoms with Crippen LogP contribution >= 0.6 is 0 Å². The molecular weight excluding hydrogens is 338 g/mol. The lowest BCUT2D eigenvalue weighted by atomic mass is 9.84. The second-order valence-electron chi connectivity index (χ2n) is 8.55. The Kier molecular flexibility index (Phi) is 5.58. The number of nitrogens with one attached hydrogen (secondary N) is 3. The molecule has 0 aliphatic heterocycles. The molecule has 1 amide bonds. The molecule has 5 heteroatoms. The number of rotatable bonds is 7. The molecule has 0 aromatic heterocycles. The first-order valence-electron chi connectivity index (χ1n) is 10.7. The Morgan fingerprint density at radius 3 is 2.22 bits per heavy atom. The second-order valence-corrected chi connectivity index (χ2v) is 8.55. The van der Waals surface area contributed by atoms with Gasteiger partial charge in [-0.2, -0.15) is 0 Å². The first kappa shape index (κ1) is 18.6. The van der Waals surface area contributed by atoms with Crippen molar-refractivity contribution < 1.29 is 9.53 Å². The average Bonchev–Trinajstić information content (AvgIpc) is 3.36. The zero-order valence-electron chi connectivity index (χ0n) is 16.4. The lowest BCUT2D eigenvalue weighted by Crippen LogP contribution is -2.62. The van der Waals surface area contributed by atoms with Gasteiger partial charge in [-0.3, -0.25) is 4.79 Å². The molecule has 1 aromatic rings. The zero-order valence-corrected chi connectivity index (χ0v) is 16.4. The number of carbonyl (C=O) groups excluding carboxylic acids is 1. The molecule has 0 heterocycles. The van der Waals surface area contributed by atoms with Gasteiger partial charge in [-0.15, -0.1) is 0 Å². The molecule has 1 aromatic carbocycles. The van der Waals surface area contributed by atoms with Crippen LogP contribution in [0, 0.1) is 0 Å². The first-order valence-corrected chi connectivity index (χ1v) is 10.7. The summed E-state index contributed by atoms with van der Waals surface area (Å²) in [6.45, 7) is 0. The molecule has 5 nitrogen and oxygen atoms in total. The first-order chi connectivity index (χ1) is 13.2. The molecule has 2 unspecified atom stereocenters. The monoisotopic (exact) mass is 371 g/mol. The van der Waals surface area contributed by atoms with Gasteiger partial charge in [-0.1, -0.05) is 25.7 Å². The highest BCUT2D eigenvalue weighted by atomic mass is 16.5. The van der Waals surface area contributed by atoms with E-state index in [0.717, 1.165) is 43.5 Å². The maximum atomic E-state index is 13.3. The van der Waals surface area contributed by atoms with Gasteiger partial charge in [0.1, 0.15) is 11.3 Å². The highest BCUT2D eigenvalue weighted by molar-refractivity contribution is 5.90. The summed E-state index contributed by atoms with van der Waals surface area (Å²) in [5, 5.41) is 10.7. The van der Waals surface area contributed by atoms with Crippen LogP contribution < -0.4 is 20.7 Å². The summed E-state index contributed by atoms with van der Waals surface area (Å²) < 4.78 is 5.24. The van der Waals surface area contributed by atoms with Crippen molar-refractivity contribution >= 4 is 11.6 Å². The van der Waals surface area contributed by atoms with Gasteiger partial charge in [0.2, 0.25) is 5.91 Å². The average molecular weight is 372 g/mol. The number of anilines is 1. The molecule has 3 aliphatic carbocycles. The van der Waals surface area contributed by atoms with Gasteiger partial charge >= 0.3 is 0 Å². The van der Waals surface area contributed by atoms with Gasteiger partial charge < -0.3 is 20.7 Å². The fourth-order valence-electron chi connectivity index (χ4n) is 4.91. The molecule has 0 spiro atoms. The molecule has 0 radical (unpaired) electrons. The van der Waals surface area contributed by atoms with Gasteiger partial charge in [0, 0.05) is 23.8 Å². The minimum absolute atomic E-state index is 0.179. The standard InChI is InChI=1S/C22H33N3O2/c1-27-18-10-8-17(9-11-18)25-22(14-4-5-15-22)21(26)24-20-13-12-19(20)23-16-6-2-3-7-16/h8-11,16,19-20,23,25H,2-7,12-15H2,1H3,(H,24,26). The van der Waals surface area contributed by atoms with Crippen LogP contribution in [0.2, 0.25) is 0 Å². The van der Waals surface area contributed by atoms with E-state index in [9.17, 15) is 4.79 Å². The molecule has 3 N–H and O–H groups in total. The summed E-state index contributed by atoms with van der Waals surface area (Å²) in [6.07, 6.45) is 11.6. The highest BCUT2D eigenvalue weighted by Gasteiger charge is 2.44. The molecule has 4 rings (SSSR count). The lowest BCUT2D eigenvalue weighted by molar-refractivity contribution is -0.127. The van der Waals surface area contributed by atoms with E-state index in [1.807, 2.05) is 24.3 Å². The summed E-state index contributed by atoms with van der Waals surface area (Å²) in [4.78, 5) is 13.3. The fraction of sp³-hybridized carbons (Fsp3) is 0.682. The molecule has 3 aliphatic rings. The minimum Gasteiger partial charge on any atom is -0.497 e. The number of benzene rings is 1. The van der Waals surface area contributed by atoms with E-state index < -0.39 is 5.54 Å². The number of hydrogen-bond acceptors (Lipinski definition) is 4. The Morgan fingerprint density at radius 1 is 0.963 bits per heavy atom. The molecule has 3 fully saturated rings. The maximum absolute atomic E-state index is 13.3. The van der Waals surface area contributed by atoms with Gasteiger partial charge in [0.05, 0.1) is 7.11 Å². The highest BCUT2D eigenvalue weighted by Crippen LogP contribution is 2.35. The van der Waals surface area contributed by atoms with Gasteiger partial charge in [-0.25, -0.2) is 0 Å². The minimum atomic E-state index is -0.470. The molecule has 3 saturated carbocycles. The van der Waals surface area contributed by atoms with Crippen LogP contribution in [0.3, 0.4) is 0 Å². The smallest absolute Gasteiger partial charge is 0.245 e. The van der Waals surface area contributed by atoms with Gasteiger partial charge in [0.15, 0.2) is 0 Å². The van der Waals surface area contributed by atoms with E-state index in [4.69, 9.17) is 4.74 Å². The van der Waals surface area contributed by atoms with Crippen LogP contribution in [-0.2, 0) is 4.79 Å². The number of amides is 1. The molecule has 148 valence electrons. The quantitative estimate of drug-likeness (QED) is 0.685. The molecule has 0 bridgehead atoms. The van der Waals surface area contributed by atoms with Crippen LogP contribution in [0.15, 0.2) is 24.3 Å². The van der Waals surface area contributed by atoms with E-state index in [0.29, 0.717) is 12.1 Å². The van der Waals surface area contributed by atoms with Crippen LogP contribution in [-0.4, -0.2) is 36.7 Å². The van der Waals surface area contributed by atoms with E-state index in [2.05, 4.69) is 16.0 Å². The predicted molar refractivity (Wildman–Crippen MR) is 108 cm³/mol. The zero-order chi connectivity index (χ0) is 18.7. The molecule has 2 atom stereocenters. The number of methoxy groups -OCH3 is 1. The van der Waals surface area contributed by atoms with Crippen molar-refractivity contribution in [3.8, 4) is 5.75 Å². The van der Waals surface area contributed by atoms with Crippen molar-refractivity contribution in [1.29, 1.82) is 0 Å². The van der Waals surface area contributed by atoms with Crippen LogP contribution in [0.25, 0.3) is 0 Å². The van der Waals surface area contributed by atoms with Crippen molar-refractivity contribution in [2.45, 2.75) is 87.9 Å². The maximum Gasteiger partial charge on any atom is 0.245 e. The molecular formula is C22H33N3O2. The van der Waals surface area contributed by atoms with Crippen molar-refractivity contribution in [2.75, 3.05) is 12.4 Å². The number of ether oxygens (including phenoxy) is 1. The normalized spacial score (nSPS) is 27.1. The van der Waals surface area contributed by atoms with E-state index in [1.165, 1.54) is 32.1 Å². The summed E-state index contributed by atoms with van der Waals surface area (Å²) in [5.74, 6) is 1.01. The van der Waals surface area contributed by atoms with E-state index >= 15 is 0 Å². The molecule has 27 heavy (non-hydrogen) atoms. The summed E-state index contributed by atoms with van der Waals surface area (Å²) in [6, 6.07) is 9.28. The molecule has 0 saturated heterocycles. The van der Waals surface area contributed by atoms with Gasteiger partial charge in [-0.05, 0) is 62.8 Å². The SMILES string of the molecule is COc1ccc(NC2(C(=O)NC3CCC3NC3CCCC3)CCCC2)cc1. The van der Waals surface area contributed by atoms with Crippen LogP contribution in [0.5, 0.6) is 5.75 Å².